The van der Waals surface area contributed by atoms with Crippen LogP contribution in [0, 0.1) is 5.41 Å². The molecule has 1 aromatic rings. The minimum Gasteiger partial charge on any atom is -0.444 e. The molecule has 0 unspecified atom stereocenters. The SMILES string of the molecule is CC(C)(C)OC(=O)N[C@H]1CSc2ccc(C(=O)NNC(=O)C(C)(C)C)cc2NC1=O. The van der Waals surface area contributed by atoms with Crippen molar-refractivity contribution in [1.29, 1.82) is 0 Å². The fourth-order valence-corrected chi connectivity index (χ4v) is 3.30. The quantitative estimate of drug-likeness (QED) is 0.528. The molecule has 9 nitrogen and oxygen atoms in total. The predicted octanol–water partition coefficient (Wildman–Crippen LogP) is 2.43. The molecule has 4 N–H and O–H groups in total. The highest BCUT2D eigenvalue weighted by atomic mass is 32.2. The standard InChI is InChI=1S/C20H28N4O5S/c1-19(2,3)17(27)24-23-15(25)11-7-8-14-12(9-11)21-16(26)13(10-30-14)22-18(28)29-20(4,5)6/h7-9,13H,10H2,1-6H3,(H,21,26)(H,22,28)(H,23,25)(H,24,27)/t13-/m0/s1. The molecule has 0 bridgehead atoms. The van der Waals surface area contributed by atoms with E-state index in [4.69, 9.17) is 4.74 Å². The third-order valence-electron chi connectivity index (χ3n) is 3.88. The van der Waals surface area contributed by atoms with Gasteiger partial charge in [0, 0.05) is 21.6 Å². The molecule has 4 amide bonds. The molecule has 30 heavy (non-hydrogen) atoms. The minimum atomic E-state index is -0.791. The van der Waals surface area contributed by atoms with Gasteiger partial charge in [0.25, 0.3) is 5.91 Å². The summed E-state index contributed by atoms with van der Waals surface area (Å²) >= 11 is 1.37. The molecule has 0 saturated heterocycles. The third-order valence-corrected chi connectivity index (χ3v) is 5.05. The van der Waals surface area contributed by atoms with Crippen molar-refractivity contribution in [2.24, 2.45) is 5.41 Å². The van der Waals surface area contributed by atoms with Gasteiger partial charge in [-0.3, -0.25) is 25.2 Å². The topological polar surface area (TPSA) is 126 Å². The predicted molar refractivity (Wildman–Crippen MR) is 114 cm³/mol. The zero-order chi connectivity index (χ0) is 22.7. The number of rotatable bonds is 2. The van der Waals surface area contributed by atoms with Gasteiger partial charge in [-0.25, -0.2) is 4.79 Å². The number of hydrogen-bond donors (Lipinski definition) is 4. The monoisotopic (exact) mass is 436 g/mol. The van der Waals surface area contributed by atoms with E-state index in [1.165, 1.54) is 17.8 Å². The number of fused-ring (bicyclic) bond motifs is 1. The summed E-state index contributed by atoms with van der Waals surface area (Å²) in [6.07, 6.45) is -0.677. The Balaban J connectivity index is 2.05. The van der Waals surface area contributed by atoms with Crippen molar-refractivity contribution in [2.45, 2.75) is 58.1 Å². The second-order valence-corrected chi connectivity index (χ2v) is 9.93. The molecule has 1 heterocycles. The zero-order valence-corrected chi connectivity index (χ0v) is 18.8. The van der Waals surface area contributed by atoms with E-state index in [0.29, 0.717) is 11.4 Å². The van der Waals surface area contributed by atoms with Gasteiger partial charge in [-0.15, -0.1) is 11.8 Å². The first-order chi connectivity index (χ1) is 13.8. The smallest absolute Gasteiger partial charge is 0.408 e. The maximum Gasteiger partial charge on any atom is 0.408 e. The van der Waals surface area contributed by atoms with Gasteiger partial charge in [0.05, 0.1) is 5.69 Å². The Labute approximate surface area is 180 Å². The number of benzene rings is 1. The Bertz CT molecular complexity index is 858. The fourth-order valence-electron chi connectivity index (χ4n) is 2.29. The van der Waals surface area contributed by atoms with Crippen LogP contribution in [0.4, 0.5) is 10.5 Å². The number of hydrazine groups is 1. The lowest BCUT2D eigenvalue weighted by molar-refractivity contribution is -0.129. The average molecular weight is 437 g/mol. The van der Waals surface area contributed by atoms with Gasteiger partial charge in [0.2, 0.25) is 11.8 Å². The van der Waals surface area contributed by atoms with Gasteiger partial charge in [0.15, 0.2) is 0 Å². The van der Waals surface area contributed by atoms with Crippen LogP contribution >= 0.6 is 11.8 Å². The summed E-state index contributed by atoms with van der Waals surface area (Å²) in [5, 5.41) is 5.29. The molecular formula is C20H28N4O5S. The normalized spacial score (nSPS) is 16.5. The van der Waals surface area contributed by atoms with Gasteiger partial charge in [-0.2, -0.15) is 0 Å². The summed E-state index contributed by atoms with van der Waals surface area (Å²) < 4.78 is 5.20. The van der Waals surface area contributed by atoms with Crippen LogP contribution in [0.2, 0.25) is 0 Å². The molecule has 10 heteroatoms. The summed E-state index contributed by atoms with van der Waals surface area (Å²) in [5.74, 6) is -0.941. The summed E-state index contributed by atoms with van der Waals surface area (Å²) in [7, 11) is 0. The number of anilines is 1. The summed E-state index contributed by atoms with van der Waals surface area (Å²) in [6.45, 7) is 10.4. The molecule has 0 spiro atoms. The molecule has 1 atom stereocenters. The lowest BCUT2D eigenvalue weighted by atomic mass is 9.96. The molecule has 0 aromatic heterocycles. The lowest BCUT2D eigenvalue weighted by Crippen LogP contribution is -2.47. The van der Waals surface area contributed by atoms with Gasteiger partial charge < -0.3 is 15.4 Å². The van der Waals surface area contributed by atoms with Gasteiger partial charge in [0.1, 0.15) is 11.6 Å². The van der Waals surface area contributed by atoms with Gasteiger partial charge >= 0.3 is 6.09 Å². The van der Waals surface area contributed by atoms with Crippen molar-refractivity contribution < 1.29 is 23.9 Å². The van der Waals surface area contributed by atoms with Crippen molar-refractivity contribution in [1.82, 2.24) is 16.2 Å². The van der Waals surface area contributed by atoms with E-state index >= 15 is 0 Å². The first-order valence-electron chi connectivity index (χ1n) is 9.44. The second-order valence-electron chi connectivity index (χ2n) is 8.87. The molecule has 0 aliphatic carbocycles. The van der Waals surface area contributed by atoms with Crippen LogP contribution in [0.1, 0.15) is 51.9 Å². The van der Waals surface area contributed by atoms with Crippen LogP contribution in [0.5, 0.6) is 0 Å². The van der Waals surface area contributed by atoms with E-state index < -0.39 is 35.0 Å². The molecule has 164 valence electrons. The molecule has 2 rings (SSSR count). The summed E-state index contributed by atoms with van der Waals surface area (Å²) in [6, 6.07) is 4.03. The molecule has 1 aromatic carbocycles. The highest BCUT2D eigenvalue weighted by Crippen LogP contribution is 2.31. The van der Waals surface area contributed by atoms with Crippen LogP contribution in [-0.4, -0.2) is 41.2 Å². The number of carbonyl (C=O) groups excluding carboxylic acids is 4. The number of carbonyl (C=O) groups is 4. The van der Waals surface area contributed by atoms with Crippen molar-refractivity contribution >= 4 is 41.3 Å². The molecule has 0 radical (unpaired) electrons. The van der Waals surface area contributed by atoms with E-state index in [2.05, 4.69) is 21.5 Å². The van der Waals surface area contributed by atoms with E-state index in [1.54, 1.807) is 53.7 Å². The van der Waals surface area contributed by atoms with Crippen LogP contribution < -0.4 is 21.5 Å². The Morgan fingerprint density at radius 2 is 1.77 bits per heavy atom. The van der Waals surface area contributed by atoms with Crippen molar-refractivity contribution in [2.75, 3.05) is 11.1 Å². The van der Waals surface area contributed by atoms with Crippen molar-refractivity contribution in [3.8, 4) is 0 Å². The second kappa shape index (κ2) is 8.95. The van der Waals surface area contributed by atoms with Crippen LogP contribution in [0.3, 0.4) is 0 Å². The van der Waals surface area contributed by atoms with Gasteiger partial charge in [-0.1, -0.05) is 20.8 Å². The number of nitrogens with one attached hydrogen (secondary N) is 4. The molecule has 1 aliphatic heterocycles. The van der Waals surface area contributed by atoms with Crippen LogP contribution in [-0.2, 0) is 14.3 Å². The lowest BCUT2D eigenvalue weighted by Gasteiger charge is -2.22. The molecule has 0 fully saturated rings. The fraction of sp³-hybridized carbons (Fsp3) is 0.500. The first kappa shape index (κ1) is 23.5. The van der Waals surface area contributed by atoms with E-state index in [0.717, 1.165) is 4.90 Å². The summed E-state index contributed by atoms with van der Waals surface area (Å²) in [4.78, 5) is 49.5. The first-order valence-corrected chi connectivity index (χ1v) is 10.4. The van der Waals surface area contributed by atoms with Crippen LogP contribution in [0.15, 0.2) is 23.1 Å². The number of thioether (sulfide) groups is 1. The number of amides is 4. The minimum absolute atomic E-state index is 0.266. The van der Waals surface area contributed by atoms with Gasteiger partial charge in [-0.05, 0) is 39.0 Å². The van der Waals surface area contributed by atoms with Crippen molar-refractivity contribution in [3.63, 3.8) is 0 Å². The maximum absolute atomic E-state index is 12.5. The zero-order valence-electron chi connectivity index (χ0n) is 18.0. The average Bonchev–Trinajstić information content (AvgIpc) is 2.75. The Morgan fingerprint density at radius 1 is 1.10 bits per heavy atom. The largest absolute Gasteiger partial charge is 0.444 e. The number of ether oxygens (including phenoxy) is 1. The number of alkyl carbamates (subject to hydrolysis) is 1. The highest BCUT2D eigenvalue weighted by Gasteiger charge is 2.28. The summed E-state index contributed by atoms with van der Waals surface area (Å²) in [5.41, 5.74) is 4.13. The Kier molecular flexibility index (Phi) is 7.02. The highest BCUT2D eigenvalue weighted by molar-refractivity contribution is 7.99. The van der Waals surface area contributed by atoms with E-state index in [9.17, 15) is 19.2 Å². The molecule has 0 saturated carbocycles. The Morgan fingerprint density at radius 3 is 2.37 bits per heavy atom. The molecule has 1 aliphatic rings. The maximum atomic E-state index is 12.5. The van der Waals surface area contributed by atoms with Crippen LogP contribution in [0.25, 0.3) is 0 Å². The van der Waals surface area contributed by atoms with E-state index in [-0.39, 0.29) is 11.5 Å². The Hall–Kier alpha value is -2.75. The van der Waals surface area contributed by atoms with Crippen molar-refractivity contribution in [3.05, 3.63) is 23.8 Å². The van der Waals surface area contributed by atoms with E-state index in [1.807, 2.05) is 0 Å². The third kappa shape index (κ3) is 6.65. The number of hydrogen-bond acceptors (Lipinski definition) is 6. The molecular weight excluding hydrogens is 408 g/mol.